The Bertz CT molecular complexity index is 340. The van der Waals surface area contributed by atoms with Gasteiger partial charge in [0, 0.05) is 19.1 Å². The molecule has 2 fully saturated rings. The summed E-state index contributed by atoms with van der Waals surface area (Å²) < 4.78 is 5.75. The zero-order valence-electron chi connectivity index (χ0n) is 10.9. The molecule has 0 aromatic heterocycles. The SMILES string of the molecule is CCC(C#N)C(=O)NCC1CN2CCCC2CO1. The van der Waals surface area contributed by atoms with Crippen LogP contribution in [0.25, 0.3) is 0 Å². The molecule has 0 aromatic rings. The van der Waals surface area contributed by atoms with Crippen LogP contribution in [0.4, 0.5) is 0 Å². The summed E-state index contributed by atoms with van der Waals surface area (Å²) in [5.41, 5.74) is 0. The molecule has 5 nitrogen and oxygen atoms in total. The van der Waals surface area contributed by atoms with Crippen molar-refractivity contribution in [1.82, 2.24) is 10.2 Å². The number of nitriles is 1. The highest BCUT2D eigenvalue weighted by Crippen LogP contribution is 2.22. The van der Waals surface area contributed by atoms with Gasteiger partial charge in [0.15, 0.2) is 0 Å². The molecule has 0 radical (unpaired) electrons. The van der Waals surface area contributed by atoms with Crippen molar-refractivity contribution in [3.05, 3.63) is 0 Å². The quantitative estimate of drug-likeness (QED) is 0.791. The lowest BCUT2D eigenvalue weighted by Crippen LogP contribution is -2.50. The smallest absolute Gasteiger partial charge is 0.237 e. The Morgan fingerprint density at radius 3 is 3.22 bits per heavy atom. The van der Waals surface area contributed by atoms with Crippen molar-refractivity contribution < 1.29 is 9.53 Å². The van der Waals surface area contributed by atoms with E-state index in [-0.39, 0.29) is 12.0 Å². The maximum absolute atomic E-state index is 11.7. The number of rotatable bonds is 4. The van der Waals surface area contributed by atoms with Crippen molar-refractivity contribution in [3.8, 4) is 6.07 Å². The van der Waals surface area contributed by atoms with E-state index in [0.29, 0.717) is 19.0 Å². The molecule has 18 heavy (non-hydrogen) atoms. The van der Waals surface area contributed by atoms with Crippen molar-refractivity contribution in [2.75, 3.05) is 26.2 Å². The van der Waals surface area contributed by atoms with E-state index in [1.54, 1.807) is 0 Å². The molecule has 0 aromatic carbocycles. The van der Waals surface area contributed by atoms with E-state index < -0.39 is 5.92 Å². The highest BCUT2D eigenvalue weighted by molar-refractivity contribution is 5.80. The van der Waals surface area contributed by atoms with Crippen molar-refractivity contribution in [3.63, 3.8) is 0 Å². The average molecular weight is 251 g/mol. The molecule has 3 atom stereocenters. The summed E-state index contributed by atoms with van der Waals surface area (Å²) in [6.45, 7) is 5.18. The summed E-state index contributed by atoms with van der Waals surface area (Å²) in [6.07, 6.45) is 3.10. The van der Waals surface area contributed by atoms with Gasteiger partial charge in [0.1, 0.15) is 5.92 Å². The van der Waals surface area contributed by atoms with Crippen molar-refractivity contribution in [2.24, 2.45) is 5.92 Å². The number of morpholine rings is 1. The summed E-state index contributed by atoms with van der Waals surface area (Å²) in [4.78, 5) is 14.1. The lowest BCUT2D eigenvalue weighted by molar-refractivity contribution is -0.124. The normalized spacial score (nSPS) is 29.3. The summed E-state index contributed by atoms with van der Waals surface area (Å²) in [5.74, 6) is -0.708. The van der Waals surface area contributed by atoms with E-state index in [4.69, 9.17) is 10.00 Å². The third kappa shape index (κ3) is 3.01. The lowest BCUT2D eigenvalue weighted by Gasteiger charge is -2.35. The summed E-state index contributed by atoms with van der Waals surface area (Å²) in [6, 6.07) is 2.60. The van der Waals surface area contributed by atoms with E-state index >= 15 is 0 Å². The molecule has 2 aliphatic rings. The minimum absolute atomic E-state index is 0.0690. The van der Waals surface area contributed by atoms with Crippen LogP contribution in [-0.4, -0.2) is 49.2 Å². The third-order valence-corrected chi connectivity index (χ3v) is 3.85. The van der Waals surface area contributed by atoms with Crippen LogP contribution >= 0.6 is 0 Å². The Labute approximate surface area is 108 Å². The van der Waals surface area contributed by atoms with Crippen molar-refractivity contribution in [2.45, 2.75) is 38.3 Å². The highest BCUT2D eigenvalue weighted by Gasteiger charge is 2.32. The van der Waals surface area contributed by atoms with E-state index in [9.17, 15) is 4.79 Å². The maximum atomic E-state index is 11.7. The largest absolute Gasteiger partial charge is 0.373 e. The maximum Gasteiger partial charge on any atom is 0.237 e. The Balaban J connectivity index is 1.74. The first-order valence-corrected chi connectivity index (χ1v) is 6.77. The number of carbonyl (C=O) groups is 1. The predicted molar refractivity (Wildman–Crippen MR) is 66.7 cm³/mol. The van der Waals surface area contributed by atoms with Gasteiger partial charge in [0.25, 0.3) is 0 Å². The number of amides is 1. The van der Waals surface area contributed by atoms with Crippen LogP contribution in [0.15, 0.2) is 0 Å². The van der Waals surface area contributed by atoms with Gasteiger partial charge in [-0.25, -0.2) is 0 Å². The van der Waals surface area contributed by atoms with Gasteiger partial charge in [-0.05, 0) is 25.8 Å². The minimum atomic E-state index is -0.534. The molecule has 100 valence electrons. The fourth-order valence-corrected chi connectivity index (χ4v) is 2.68. The molecule has 2 saturated heterocycles. The first-order chi connectivity index (χ1) is 8.74. The number of nitrogens with one attached hydrogen (secondary N) is 1. The fourth-order valence-electron chi connectivity index (χ4n) is 2.68. The molecule has 2 aliphatic heterocycles. The molecule has 5 heteroatoms. The topological polar surface area (TPSA) is 65.4 Å². The number of fused-ring (bicyclic) bond motifs is 1. The summed E-state index contributed by atoms with van der Waals surface area (Å²) in [5, 5.41) is 11.6. The van der Waals surface area contributed by atoms with Crippen LogP contribution in [0.5, 0.6) is 0 Å². The number of nitrogens with zero attached hydrogens (tertiary/aromatic N) is 2. The van der Waals surface area contributed by atoms with Gasteiger partial charge in [-0.15, -0.1) is 0 Å². The first kappa shape index (κ1) is 13.3. The monoisotopic (exact) mass is 251 g/mol. The first-order valence-electron chi connectivity index (χ1n) is 6.77. The highest BCUT2D eigenvalue weighted by atomic mass is 16.5. The average Bonchev–Trinajstić information content (AvgIpc) is 2.85. The van der Waals surface area contributed by atoms with E-state index in [1.807, 2.05) is 13.0 Å². The zero-order chi connectivity index (χ0) is 13.0. The Kier molecular flexibility index (Phi) is 4.56. The second kappa shape index (κ2) is 6.17. The number of carbonyl (C=O) groups excluding carboxylic acids is 1. The van der Waals surface area contributed by atoms with Gasteiger partial charge >= 0.3 is 0 Å². The molecular weight excluding hydrogens is 230 g/mol. The van der Waals surface area contributed by atoms with Crippen molar-refractivity contribution in [1.29, 1.82) is 5.26 Å². The molecule has 2 heterocycles. The number of hydrogen-bond acceptors (Lipinski definition) is 4. The van der Waals surface area contributed by atoms with E-state index in [1.165, 1.54) is 12.8 Å². The minimum Gasteiger partial charge on any atom is -0.373 e. The van der Waals surface area contributed by atoms with E-state index in [0.717, 1.165) is 19.7 Å². The molecule has 3 unspecified atom stereocenters. The number of hydrogen-bond donors (Lipinski definition) is 1. The van der Waals surface area contributed by atoms with Crippen LogP contribution in [-0.2, 0) is 9.53 Å². The zero-order valence-corrected chi connectivity index (χ0v) is 10.9. The van der Waals surface area contributed by atoms with Gasteiger partial charge in [0.2, 0.25) is 5.91 Å². The van der Waals surface area contributed by atoms with Gasteiger partial charge in [0.05, 0.1) is 18.8 Å². The van der Waals surface area contributed by atoms with Crippen LogP contribution in [0.1, 0.15) is 26.2 Å². The predicted octanol–water partition coefficient (Wildman–Crippen LogP) is 0.516. The molecule has 0 bridgehead atoms. The molecule has 2 rings (SSSR count). The van der Waals surface area contributed by atoms with Gasteiger partial charge in [-0.3, -0.25) is 9.69 Å². The second-order valence-corrected chi connectivity index (χ2v) is 5.08. The van der Waals surface area contributed by atoms with Crippen molar-refractivity contribution >= 4 is 5.91 Å². The fraction of sp³-hybridized carbons (Fsp3) is 0.846. The molecule has 0 saturated carbocycles. The molecule has 1 N–H and O–H groups in total. The summed E-state index contributed by atoms with van der Waals surface area (Å²) in [7, 11) is 0. The Morgan fingerprint density at radius 1 is 1.67 bits per heavy atom. The van der Waals surface area contributed by atoms with E-state index in [2.05, 4.69) is 10.2 Å². The standard InChI is InChI=1S/C13H21N3O2/c1-2-10(6-14)13(17)15-7-12-8-16-5-3-4-11(16)9-18-12/h10-12H,2-5,7-9H2,1H3,(H,15,17). The Hall–Kier alpha value is -1.12. The lowest BCUT2D eigenvalue weighted by atomic mass is 10.1. The van der Waals surface area contributed by atoms with Crippen LogP contribution in [0.3, 0.4) is 0 Å². The Morgan fingerprint density at radius 2 is 2.50 bits per heavy atom. The van der Waals surface area contributed by atoms with Crippen LogP contribution in [0.2, 0.25) is 0 Å². The molecule has 0 aliphatic carbocycles. The molecular formula is C13H21N3O2. The van der Waals surface area contributed by atoms with Gasteiger partial charge < -0.3 is 10.1 Å². The second-order valence-electron chi connectivity index (χ2n) is 5.08. The van der Waals surface area contributed by atoms with Gasteiger partial charge in [-0.2, -0.15) is 5.26 Å². The number of ether oxygens (including phenoxy) is 1. The van der Waals surface area contributed by atoms with Crippen LogP contribution < -0.4 is 5.32 Å². The summed E-state index contributed by atoms with van der Waals surface area (Å²) >= 11 is 0. The third-order valence-electron chi connectivity index (χ3n) is 3.85. The molecule has 0 spiro atoms. The molecule has 1 amide bonds. The van der Waals surface area contributed by atoms with Crippen LogP contribution in [0, 0.1) is 17.2 Å². The van der Waals surface area contributed by atoms with Gasteiger partial charge in [-0.1, -0.05) is 6.92 Å².